The lowest BCUT2D eigenvalue weighted by Crippen LogP contribution is -2.54. The fraction of sp³-hybridized carbons (Fsp3) is 0.933. The first-order chi connectivity index (χ1) is 8.63. The maximum Gasteiger partial charge on any atom is 0.227 e. The standard InChI is InChI=1S/C15H26N2O/c1-10-6-15(7-10,9-16)14(18)17-8-13-5-11-2-3-12(13)4-11/h10-13H,2-9,16H2,1H3,(H,17,18). The van der Waals surface area contributed by atoms with E-state index in [1.165, 1.54) is 25.7 Å². The Labute approximate surface area is 110 Å². The summed E-state index contributed by atoms with van der Waals surface area (Å²) in [6, 6.07) is 0. The molecular formula is C15H26N2O. The van der Waals surface area contributed by atoms with Gasteiger partial charge in [0, 0.05) is 13.1 Å². The molecule has 1 amide bonds. The molecule has 3 unspecified atom stereocenters. The fourth-order valence-corrected chi connectivity index (χ4v) is 4.76. The van der Waals surface area contributed by atoms with Crippen molar-refractivity contribution in [1.29, 1.82) is 0 Å². The van der Waals surface area contributed by atoms with Gasteiger partial charge in [0.05, 0.1) is 5.41 Å². The molecule has 18 heavy (non-hydrogen) atoms. The predicted octanol–water partition coefficient (Wildman–Crippen LogP) is 1.91. The normalized spacial score (nSPS) is 45.9. The van der Waals surface area contributed by atoms with Gasteiger partial charge in [0.15, 0.2) is 0 Å². The fourth-order valence-electron chi connectivity index (χ4n) is 4.76. The molecule has 3 aliphatic carbocycles. The Hall–Kier alpha value is -0.570. The van der Waals surface area contributed by atoms with Gasteiger partial charge in [-0.2, -0.15) is 0 Å². The zero-order chi connectivity index (χ0) is 12.8. The number of carbonyl (C=O) groups is 1. The molecule has 0 radical (unpaired) electrons. The minimum atomic E-state index is -0.225. The quantitative estimate of drug-likeness (QED) is 0.801. The minimum Gasteiger partial charge on any atom is -0.355 e. The Balaban J connectivity index is 1.50. The summed E-state index contributed by atoms with van der Waals surface area (Å²) in [5.41, 5.74) is 5.59. The first kappa shape index (κ1) is 12.5. The van der Waals surface area contributed by atoms with E-state index in [4.69, 9.17) is 5.73 Å². The van der Waals surface area contributed by atoms with Gasteiger partial charge in [-0.1, -0.05) is 13.3 Å². The Morgan fingerprint density at radius 1 is 1.33 bits per heavy atom. The second-order valence-corrected chi connectivity index (χ2v) is 7.14. The van der Waals surface area contributed by atoms with Crippen LogP contribution in [-0.2, 0) is 4.79 Å². The highest BCUT2D eigenvalue weighted by Gasteiger charge is 2.47. The summed E-state index contributed by atoms with van der Waals surface area (Å²) in [5.74, 6) is 3.50. The van der Waals surface area contributed by atoms with Crippen LogP contribution in [-0.4, -0.2) is 19.0 Å². The molecule has 0 spiro atoms. The summed E-state index contributed by atoms with van der Waals surface area (Å²) < 4.78 is 0. The van der Waals surface area contributed by atoms with Crippen molar-refractivity contribution >= 4 is 5.91 Å². The highest BCUT2D eigenvalue weighted by atomic mass is 16.2. The number of nitrogens with two attached hydrogens (primary N) is 1. The molecule has 0 aliphatic heterocycles. The second kappa shape index (κ2) is 4.52. The third-order valence-electron chi connectivity index (χ3n) is 5.76. The lowest BCUT2D eigenvalue weighted by molar-refractivity contribution is -0.138. The molecule has 3 fully saturated rings. The van der Waals surface area contributed by atoms with Gasteiger partial charge in [-0.3, -0.25) is 4.79 Å². The largest absolute Gasteiger partial charge is 0.355 e. The van der Waals surface area contributed by atoms with Crippen molar-refractivity contribution in [1.82, 2.24) is 5.32 Å². The van der Waals surface area contributed by atoms with Crippen molar-refractivity contribution in [2.75, 3.05) is 13.1 Å². The molecule has 3 rings (SSSR count). The minimum absolute atomic E-state index is 0.225. The molecule has 0 heterocycles. The van der Waals surface area contributed by atoms with Crippen molar-refractivity contribution < 1.29 is 4.79 Å². The molecule has 3 nitrogen and oxygen atoms in total. The van der Waals surface area contributed by atoms with E-state index >= 15 is 0 Å². The highest BCUT2D eigenvalue weighted by molar-refractivity contribution is 5.83. The Bertz CT molecular complexity index is 335. The van der Waals surface area contributed by atoms with Crippen LogP contribution < -0.4 is 11.1 Å². The highest BCUT2D eigenvalue weighted by Crippen LogP contribution is 2.48. The third-order valence-corrected chi connectivity index (χ3v) is 5.76. The SMILES string of the molecule is CC1CC(CN)(C(=O)NCC2CC3CCC2C3)C1. The molecule has 3 heteroatoms. The molecule has 102 valence electrons. The topological polar surface area (TPSA) is 55.1 Å². The van der Waals surface area contributed by atoms with Gasteiger partial charge in [0.25, 0.3) is 0 Å². The molecule has 0 aromatic heterocycles. The number of carbonyl (C=O) groups excluding carboxylic acids is 1. The van der Waals surface area contributed by atoms with E-state index < -0.39 is 0 Å². The molecule has 0 saturated heterocycles. The van der Waals surface area contributed by atoms with Gasteiger partial charge in [0.1, 0.15) is 0 Å². The van der Waals surface area contributed by atoms with E-state index in [2.05, 4.69) is 12.2 Å². The van der Waals surface area contributed by atoms with Crippen LogP contribution in [0, 0.1) is 29.1 Å². The van der Waals surface area contributed by atoms with Gasteiger partial charge >= 0.3 is 0 Å². The van der Waals surface area contributed by atoms with E-state index in [1.807, 2.05) is 0 Å². The van der Waals surface area contributed by atoms with Crippen LogP contribution >= 0.6 is 0 Å². The zero-order valence-corrected chi connectivity index (χ0v) is 11.5. The number of fused-ring (bicyclic) bond motifs is 2. The van der Waals surface area contributed by atoms with Crippen molar-refractivity contribution in [3.8, 4) is 0 Å². The Morgan fingerprint density at radius 2 is 2.11 bits per heavy atom. The van der Waals surface area contributed by atoms with Gasteiger partial charge in [-0.15, -0.1) is 0 Å². The van der Waals surface area contributed by atoms with E-state index in [9.17, 15) is 4.79 Å². The third kappa shape index (κ3) is 1.97. The first-order valence-corrected chi connectivity index (χ1v) is 7.61. The van der Waals surface area contributed by atoms with Crippen LogP contribution in [0.15, 0.2) is 0 Å². The smallest absolute Gasteiger partial charge is 0.227 e. The Morgan fingerprint density at radius 3 is 2.61 bits per heavy atom. The summed E-state index contributed by atoms with van der Waals surface area (Å²) in [7, 11) is 0. The average molecular weight is 250 g/mol. The maximum atomic E-state index is 12.3. The van der Waals surface area contributed by atoms with Gasteiger partial charge in [0.2, 0.25) is 5.91 Å². The van der Waals surface area contributed by atoms with Crippen LogP contribution in [0.25, 0.3) is 0 Å². The number of hydrogen-bond donors (Lipinski definition) is 2. The summed E-state index contributed by atoms with van der Waals surface area (Å²) >= 11 is 0. The molecule has 3 saturated carbocycles. The molecule has 0 aromatic carbocycles. The summed E-state index contributed by atoms with van der Waals surface area (Å²) in [6.45, 7) is 3.62. The van der Waals surface area contributed by atoms with Crippen LogP contribution in [0.4, 0.5) is 0 Å². The first-order valence-electron chi connectivity index (χ1n) is 7.61. The number of rotatable bonds is 4. The average Bonchev–Trinajstić information content (AvgIpc) is 2.93. The van der Waals surface area contributed by atoms with E-state index in [1.54, 1.807) is 0 Å². The van der Waals surface area contributed by atoms with Gasteiger partial charge < -0.3 is 11.1 Å². The summed E-state index contributed by atoms with van der Waals surface area (Å²) in [5, 5.41) is 3.20. The van der Waals surface area contributed by atoms with Gasteiger partial charge in [-0.05, 0) is 55.8 Å². The lowest BCUT2D eigenvalue weighted by Gasteiger charge is -2.44. The predicted molar refractivity (Wildman–Crippen MR) is 71.8 cm³/mol. The van der Waals surface area contributed by atoms with E-state index in [0.717, 1.165) is 37.1 Å². The van der Waals surface area contributed by atoms with Crippen molar-refractivity contribution in [3.63, 3.8) is 0 Å². The molecular weight excluding hydrogens is 224 g/mol. The molecule has 2 bridgehead atoms. The molecule has 3 atom stereocenters. The monoisotopic (exact) mass is 250 g/mol. The zero-order valence-electron chi connectivity index (χ0n) is 11.5. The number of amides is 1. The molecule has 0 aromatic rings. The van der Waals surface area contributed by atoms with Crippen LogP contribution in [0.5, 0.6) is 0 Å². The lowest BCUT2D eigenvalue weighted by atomic mass is 9.62. The second-order valence-electron chi connectivity index (χ2n) is 7.14. The maximum absolute atomic E-state index is 12.3. The molecule has 3 aliphatic rings. The van der Waals surface area contributed by atoms with Crippen LogP contribution in [0.3, 0.4) is 0 Å². The van der Waals surface area contributed by atoms with Crippen LogP contribution in [0.1, 0.15) is 45.4 Å². The summed E-state index contributed by atoms with van der Waals surface area (Å²) in [6.07, 6.45) is 7.54. The van der Waals surface area contributed by atoms with Gasteiger partial charge in [-0.25, -0.2) is 0 Å². The molecule has 3 N–H and O–H groups in total. The number of nitrogens with one attached hydrogen (secondary N) is 1. The van der Waals surface area contributed by atoms with Crippen molar-refractivity contribution in [3.05, 3.63) is 0 Å². The number of hydrogen-bond acceptors (Lipinski definition) is 2. The van der Waals surface area contributed by atoms with Crippen LogP contribution in [0.2, 0.25) is 0 Å². The Kier molecular flexibility index (Phi) is 3.13. The van der Waals surface area contributed by atoms with E-state index in [-0.39, 0.29) is 11.3 Å². The van der Waals surface area contributed by atoms with Crippen molar-refractivity contribution in [2.24, 2.45) is 34.8 Å². The van der Waals surface area contributed by atoms with E-state index in [0.29, 0.717) is 12.5 Å². The summed E-state index contributed by atoms with van der Waals surface area (Å²) in [4.78, 5) is 12.3. The van der Waals surface area contributed by atoms with Crippen molar-refractivity contribution in [2.45, 2.75) is 45.4 Å².